The Morgan fingerprint density at radius 3 is 2.83 bits per heavy atom. The molecule has 94 valence electrons. The van der Waals surface area contributed by atoms with Crippen molar-refractivity contribution in [2.75, 3.05) is 5.73 Å². The molecule has 0 saturated heterocycles. The van der Waals surface area contributed by atoms with E-state index in [2.05, 4.69) is 15.4 Å². The molecule has 0 bridgehead atoms. The monoisotopic (exact) mass is 245 g/mol. The Bertz CT molecular complexity index is 555. The highest BCUT2D eigenvalue weighted by Gasteiger charge is 2.08. The van der Waals surface area contributed by atoms with Crippen LogP contribution in [0.15, 0.2) is 24.5 Å². The van der Waals surface area contributed by atoms with Gasteiger partial charge in [0.2, 0.25) is 0 Å². The summed E-state index contributed by atoms with van der Waals surface area (Å²) in [6.07, 6.45) is 1.59. The van der Waals surface area contributed by atoms with E-state index in [1.54, 1.807) is 30.2 Å². The minimum Gasteiger partial charge on any atom is -0.399 e. The molecular formula is C12H15N5O. The molecule has 0 aliphatic rings. The molecule has 0 spiro atoms. The lowest BCUT2D eigenvalue weighted by Gasteiger charge is -2.05. The standard InChI is InChI=1S/C12H15N5O/c1-8-3-9(5-10(13)4-8)12(18)14-6-11-15-7-17(2)16-11/h3-5,7H,6,13H2,1-2H3,(H,14,18). The molecule has 0 atom stereocenters. The van der Waals surface area contributed by atoms with Crippen LogP contribution in [0, 0.1) is 6.92 Å². The number of nitrogens with zero attached hydrogens (tertiary/aromatic N) is 3. The van der Waals surface area contributed by atoms with Gasteiger partial charge in [-0.3, -0.25) is 9.48 Å². The fourth-order valence-corrected chi connectivity index (χ4v) is 1.67. The summed E-state index contributed by atoms with van der Waals surface area (Å²) in [5, 5.41) is 6.83. The van der Waals surface area contributed by atoms with E-state index in [1.165, 1.54) is 0 Å². The number of nitrogen functional groups attached to an aromatic ring is 1. The van der Waals surface area contributed by atoms with Gasteiger partial charge in [-0.25, -0.2) is 4.98 Å². The molecule has 2 rings (SSSR count). The number of amides is 1. The Kier molecular flexibility index (Phi) is 3.27. The van der Waals surface area contributed by atoms with Gasteiger partial charge in [0.25, 0.3) is 5.91 Å². The van der Waals surface area contributed by atoms with Crippen LogP contribution in [0.4, 0.5) is 5.69 Å². The number of aryl methyl sites for hydroxylation is 2. The molecular weight excluding hydrogens is 230 g/mol. The molecule has 0 radical (unpaired) electrons. The highest BCUT2D eigenvalue weighted by Crippen LogP contribution is 2.11. The summed E-state index contributed by atoms with van der Waals surface area (Å²) >= 11 is 0. The second-order valence-corrected chi connectivity index (χ2v) is 4.15. The number of aromatic nitrogens is 3. The summed E-state index contributed by atoms with van der Waals surface area (Å²) in [5.41, 5.74) is 7.78. The van der Waals surface area contributed by atoms with Gasteiger partial charge in [-0.05, 0) is 30.7 Å². The number of carbonyl (C=O) groups excluding carboxylic acids is 1. The minimum absolute atomic E-state index is 0.183. The van der Waals surface area contributed by atoms with Crippen LogP contribution in [-0.4, -0.2) is 20.7 Å². The number of rotatable bonds is 3. The second-order valence-electron chi connectivity index (χ2n) is 4.15. The molecule has 0 unspecified atom stereocenters. The zero-order valence-corrected chi connectivity index (χ0v) is 10.3. The summed E-state index contributed by atoms with van der Waals surface area (Å²) in [4.78, 5) is 15.9. The fraction of sp³-hybridized carbons (Fsp3) is 0.250. The van der Waals surface area contributed by atoms with Crippen LogP contribution < -0.4 is 11.1 Å². The van der Waals surface area contributed by atoms with E-state index in [-0.39, 0.29) is 5.91 Å². The first-order chi connectivity index (χ1) is 8.54. The molecule has 18 heavy (non-hydrogen) atoms. The molecule has 1 aromatic carbocycles. The highest BCUT2D eigenvalue weighted by atomic mass is 16.1. The third kappa shape index (κ3) is 2.85. The molecule has 0 aliphatic heterocycles. The predicted molar refractivity (Wildman–Crippen MR) is 67.8 cm³/mol. The Labute approximate surface area is 105 Å². The van der Waals surface area contributed by atoms with Gasteiger partial charge >= 0.3 is 0 Å². The summed E-state index contributed by atoms with van der Waals surface area (Å²) in [6, 6.07) is 5.25. The highest BCUT2D eigenvalue weighted by molar-refractivity contribution is 5.95. The van der Waals surface area contributed by atoms with E-state index in [0.29, 0.717) is 23.6 Å². The average molecular weight is 245 g/mol. The van der Waals surface area contributed by atoms with Gasteiger partial charge in [-0.2, -0.15) is 5.10 Å². The van der Waals surface area contributed by atoms with Crippen LogP contribution in [-0.2, 0) is 13.6 Å². The second kappa shape index (κ2) is 4.87. The maximum absolute atomic E-state index is 11.9. The van der Waals surface area contributed by atoms with E-state index < -0.39 is 0 Å². The van der Waals surface area contributed by atoms with Crippen molar-refractivity contribution in [3.8, 4) is 0 Å². The summed E-state index contributed by atoms with van der Waals surface area (Å²) < 4.78 is 1.59. The van der Waals surface area contributed by atoms with Crippen molar-refractivity contribution in [2.45, 2.75) is 13.5 Å². The molecule has 0 saturated carbocycles. The van der Waals surface area contributed by atoms with Gasteiger partial charge in [0.05, 0.1) is 6.54 Å². The number of hydrogen-bond donors (Lipinski definition) is 2. The Morgan fingerprint density at radius 1 is 1.44 bits per heavy atom. The van der Waals surface area contributed by atoms with Crippen molar-refractivity contribution >= 4 is 11.6 Å². The molecule has 0 aliphatic carbocycles. The van der Waals surface area contributed by atoms with Gasteiger partial charge in [-0.1, -0.05) is 0 Å². The van der Waals surface area contributed by atoms with Crippen LogP contribution in [0.2, 0.25) is 0 Å². The van der Waals surface area contributed by atoms with Crippen LogP contribution in [0.25, 0.3) is 0 Å². The van der Waals surface area contributed by atoms with Gasteiger partial charge in [0, 0.05) is 18.3 Å². The Morgan fingerprint density at radius 2 is 2.22 bits per heavy atom. The quantitative estimate of drug-likeness (QED) is 0.777. The first kappa shape index (κ1) is 12.1. The van der Waals surface area contributed by atoms with Crippen molar-refractivity contribution < 1.29 is 4.79 Å². The lowest BCUT2D eigenvalue weighted by atomic mass is 10.1. The third-order valence-corrected chi connectivity index (χ3v) is 2.42. The first-order valence-electron chi connectivity index (χ1n) is 5.54. The number of carbonyl (C=O) groups is 1. The maximum atomic E-state index is 11.9. The van der Waals surface area contributed by atoms with Gasteiger partial charge in [0.15, 0.2) is 5.82 Å². The number of nitrogens with two attached hydrogens (primary N) is 1. The van der Waals surface area contributed by atoms with Crippen LogP contribution in [0.5, 0.6) is 0 Å². The third-order valence-electron chi connectivity index (χ3n) is 2.42. The SMILES string of the molecule is Cc1cc(N)cc(C(=O)NCc2ncn(C)n2)c1. The molecule has 2 aromatic rings. The lowest BCUT2D eigenvalue weighted by molar-refractivity contribution is 0.0950. The normalized spacial score (nSPS) is 10.3. The summed E-state index contributed by atoms with van der Waals surface area (Å²) in [7, 11) is 1.78. The van der Waals surface area contributed by atoms with Crippen LogP contribution in [0.3, 0.4) is 0 Å². The largest absolute Gasteiger partial charge is 0.399 e. The van der Waals surface area contributed by atoms with E-state index >= 15 is 0 Å². The van der Waals surface area contributed by atoms with Crippen LogP contribution in [0.1, 0.15) is 21.7 Å². The molecule has 6 nitrogen and oxygen atoms in total. The number of benzene rings is 1. The van der Waals surface area contributed by atoms with E-state index in [0.717, 1.165) is 5.56 Å². The Balaban J connectivity index is 2.03. The summed E-state index contributed by atoms with van der Waals surface area (Å²) in [6.45, 7) is 2.20. The Hall–Kier alpha value is -2.37. The number of hydrogen-bond acceptors (Lipinski definition) is 4. The zero-order valence-electron chi connectivity index (χ0n) is 10.3. The van der Waals surface area contributed by atoms with Crippen molar-refractivity contribution in [3.63, 3.8) is 0 Å². The smallest absolute Gasteiger partial charge is 0.251 e. The van der Waals surface area contributed by atoms with Crippen molar-refractivity contribution in [3.05, 3.63) is 41.5 Å². The van der Waals surface area contributed by atoms with Crippen molar-refractivity contribution in [1.82, 2.24) is 20.1 Å². The zero-order chi connectivity index (χ0) is 13.1. The molecule has 0 fully saturated rings. The van der Waals surface area contributed by atoms with Crippen molar-refractivity contribution in [1.29, 1.82) is 0 Å². The molecule has 1 heterocycles. The van der Waals surface area contributed by atoms with E-state index in [9.17, 15) is 4.79 Å². The molecule has 6 heteroatoms. The lowest BCUT2D eigenvalue weighted by Crippen LogP contribution is -2.23. The molecule has 3 N–H and O–H groups in total. The van der Waals surface area contributed by atoms with Gasteiger partial charge in [0.1, 0.15) is 6.33 Å². The van der Waals surface area contributed by atoms with Gasteiger partial charge in [-0.15, -0.1) is 0 Å². The maximum Gasteiger partial charge on any atom is 0.251 e. The average Bonchev–Trinajstić information content (AvgIpc) is 2.70. The predicted octanol–water partition coefficient (Wildman–Crippen LogP) is 0.636. The number of anilines is 1. The number of nitrogens with one attached hydrogen (secondary N) is 1. The van der Waals surface area contributed by atoms with E-state index in [1.807, 2.05) is 13.0 Å². The minimum atomic E-state index is -0.183. The fourth-order valence-electron chi connectivity index (χ4n) is 1.67. The van der Waals surface area contributed by atoms with Gasteiger partial charge < -0.3 is 11.1 Å². The van der Waals surface area contributed by atoms with Crippen molar-refractivity contribution in [2.24, 2.45) is 7.05 Å². The summed E-state index contributed by atoms with van der Waals surface area (Å²) in [5.74, 6) is 0.393. The topological polar surface area (TPSA) is 85.8 Å². The van der Waals surface area contributed by atoms with Crippen LogP contribution >= 0.6 is 0 Å². The molecule has 1 amide bonds. The molecule has 1 aromatic heterocycles. The van der Waals surface area contributed by atoms with E-state index in [4.69, 9.17) is 5.73 Å². The first-order valence-corrected chi connectivity index (χ1v) is 5.54.